The maximum Gasteiger partial charge on any atom is 0.161 e. The molecule has 1 aromatic heterocycles. The second kappa shape index (κ2) is 6.43. The molecule has 0 radical (unpaired) electrons. The molecule has 0 aliphatic heterocycles. The summed E-state index contributed by atoms with van der Waals surface area (Å²) in [6.45, 7) is 8.85. The molecule has 1 heterocycles. The number of benzene rings is 1. The van der Waals surface area contributed by atoms with E-state index in [9.17, 15) is 0 Å². The van der Waals surface area contributed by atoms with E-state index in [2.05, 4.69) is 9.97 Å². The fraction of sp³-hybridized carbons (Fsp3) is 0.375. The van der Waals surface area contributed by atoms with E-state index in [4.69, 9.17) is 15.2 Å². The molecular weight excluding hydrogens is 266 g/mol. The summed E-state index contributed by atoms with van der Waals surface area (Å²) in [5.41, 5.74) is 9.24. The topological polar surface area (TPSA) is 70.3 Å². The molecule has 0 bridgehead atoms. The highest BCUT2D eigenvalue weighted by Crippen LogP contribution is 2.33. The van der Waals surface area contributed by atoms with Gasteiger partial charge in [-0.2, -0.15) is 0 Å². The summed E-state index contributed by atoms with van der Waals surface area (Å²) in [5, 5.41) is 0. The molecule has 21 heavy (non-hydrogen) atoms. The molecule has 2 aromatic rings. The van der Waals surface area contributed by atoms with Crippen molar-refractivity contribution >= 4 is 5.82 Å². The number of aryl methyl sites for hydroxylation is 2. The van der Waals surface area contributed by atoms with E-state index in [1.807, 2.05) is 45.9 Å². The van der Waals surface area contributed by atoms with Crippen molar-refractivity contribution < 1.29 is 9.47 Å². The number of ether oxygens (including phenoxy) is 2. The molecule has 112 valence electrons. The van der Waals surface area contributed by atoms with E-state index in [-0.39, 0.29) is 0 Å². The third-order valence-electron chi connectivity index (χ3n) is 3.15. The van der Waals surface area contributed by atoms with Gasteiger partial charge >= 0.3 is 0 Å². The number of nitrogens with two attached hydrogens (primary N) is 1. The summed E-state index contributed by atoms with van der Waals surface area (Å²) in [5.74, 6) is 1.83. The van der Waals surface area contributed by atoms with E-state index in [1.165, 1.54) is 0 Å². The van der Waals surface area contributed by atoms with Crippen LogP contribution in [0.2, 0.25) is 0 Å². The van der Waals surface area contributed by atoms with Gasteiger partial charge in [-0.3, -0.25) is 0 Å². The lowest BCUT2D eigenvalue weighted by Crippen LogP contribution is -2.03. The summed E-state index contributed by atoms with van der Waals surface area (Å²) in [4.78, 5) is 8.86. The van der Waals surface area contributed by atoms with E-state index >= 15 is 0 Å². The molecule has 1 aromatic carbocycles. The van der Waals surface area contributed by atoms with Crippen LogP contribution in [0.3, 0.4) is 0 Å². The second-order valence-electron chi connectivity index (χ2n) is 4.66. The first-order valence-corrected chi connectivity index (χ1v) is 7.07. The van der Waals surface area contributed by atoms with Crippen molar-refractivity contribution in [2.75, 3.05) is 18.9 Å². The highest BCUT2D eigenvalue weighted by Gasteiger charge is 2.12. The highest BCUT2D eigenvalue weighted by molar-refractivity contribution is 5.72. The van der Waals surface area contributed by atoms with Crippen LogP contribution in [0.5, 0.6) is 11.5 Å². The molecule has 0 saturated heterocycles. The van der Waals surface area contributed by atoms with Gasteiger partial charge in [0.05, 0.1) is 24.6 Å². The Morgan fingerprint density at radius 2 is 1.57 bits per heavy atom. The predicted molar refractivity (Wildman–Crippen MR) is 83.7 cm³/mol. The molecule has 0 spiro atoms. The van der Waals surface area contributed by atoms with Gasteiger partial charge in [-0.05, 0) is 45.9 Å². The fourth-order valence-electron chi connectivity index (χ4n) is 2.03. The summed E-state index contributed by atoms with van der Waals surface area (Å²) < 4.78 is 11.2. The SMILES string of the molecule is CCOc1ccc(-c2nc(C)c(C)nc2N)cc1OCC. The Hall–Kier alpha value is -2.30. The maximum atomic E-state index is 6.00. The van der Waals surface area contributed by atoms with E-state index in [1.54, 1.807) is 0 Å². The molecular formula is C16H21N3O2. The van der Waals surface area contributed by atoms with E-state index in [0.717, 1.165) is 22.7 Å². The maximum absolute atomic E-state index is 6.00. The number of rotatable bonds is 5. The van der Waals surface area contributed by atoms with Crippen LogP contribution in [0, 0.1) is 13.8 Å². The molecule has 0 fully saturated rings. The van der Waals surface area contributed by atoms with Crippen LogP contribution >= 0.6 is 0 Å². The predicted octanol–water partition coefficient (Wildman–Crippen LogP) is 3.14. The van der Waals surface area contributed by atoms with Crippen molar-refractivity contribution in [2.24, 2.45) is 0 Å². The van der Waals surface area contributed by atoms with Crippen molar-refractivity contribution in [3.8, 4) is 22.8 Å². The van der Waals surface area contributed by atoms with Gasteiger partial charge in [0.1, 0.15) is 11.5 Å². The third kappa shape index (κ3) is 3.24. The zero-order chi connectivity index (χ0) is 15.4. The van der Waals surface area contributed by atoms with Crippen LogP contribution in [-0.2, 0) is 0 Å². The minimum Gasteiger partial charge on any atom is -0.490 e. The Morgan fingerprint density at radius 1 is 0.952 bits per heavy atom. The average Bonchev–Trinajstić information content (AvgIpc) is 2.45. The average molecular weight is 287 g/mol. The molecule has 0 saturated carbocycles. The molecule has 0 amide bonds. The lowest BCUT2D eigenvalue weighted by Gasteiger charge is -2.13. The number of nitrogen functional groups attached to an aromatic ring is 1. The van der Waals surface area contributed by atoms with Crippen molar-refractivity contribution in [3.63, 3.8) is 0 Å². The quantitative estimate of drug-likeness (QED) is 0.914. The van der Waals surface area contributed by atoms with Crippen LogP contribution in [0.15, 0.2) is 18.2 Å². The number of aromatic nitrogens is 2. The third-order valence-corrected chi connectivity index (χ3v) is 3.15. The molecule has 0 aliphatic carbocycles. The van der Waals surface area contributed by atoms with Gasteiger partial charge in [-0.15, -0.1) is 0 Å². The number of anilines is 1. The first-order chi connectivity index (χ1) is 10.1. The van der Waals surface area contributed by atoms with Crippen molar-refractivity contribution in [1.29, 1.82) is 0 Å². The molecule has 5 heteroatoms. The Kier molecular flexibility index (Phi) is 4.62. The summed E-state index contributed by atoms with van der Waals surface area (Å²) in [7, 11) is 0. The minimum atomic E-state index is 0.421. The first kappa shape index (κ1) is 15.1. The van der Waals surface area contributed by atoms with Gasteiger partial charge in [0.25, 0.3) is 0 Å². The molecule has 0 aliphatic rings. The molecule has 5 nitrogen and oxygen atoms in total. The Balaban J connectivity index is 2.49. The van der Waals surface area contributed by atoms with Crippen LogP contribution < -0.4 is 15.2 Å². The zero-order valence-electron chi connectivity index (χ0n) is 12.9. The lowest BCUT2D eigenvalue weighted by atomic mass is 10.1. The molecule has 0 atom stereocenters. The van der Waals surface area contributed by atoms with E-state index in [0.29, 0.717) is 30.5 Å². The molecule has 2 rings (SSSR count). The van der Waals surface area contributed by atoms with Gasteiger partial charge < -0.3 is 15.2 Å². The van der Waals surface area contributed by atoms with Gasteiger partial charge in [0.15, 0.2) is 11.5 Å². The van der Waals surface area contributed by atoms with Gasteiger partial charge in [0.2, 0.25) is 0 Å². The van der Waals surface area contributed by atoms with Crippen molar-refractivity contribution in [2.45, 2.75) is 27.7 Å². The van der Waals surface area contributed by atoms with Gasteiger partial charge in [0, 0.05) is 5.56 Å². The number of nitrogens with zero attached hydrogens (tertiary/aromatic N) is 2. The van der Waals surface area contributed by atoms with Crippen molar-refractivity contribution in [1.82, 2.24) is 9.97 Å². The highest BCUT2D eigenvalue weighted by atomic mass is 16.5. The molecule has 0 unspecified atom stereocenters. The summed E-state index contributed by atoms with van der Waals surface area (Å²) in [6, 6.07) is 5.69. The Morgan fingerprint density at radius 3 is 2.24 bits per heavy atom. The largest absolute Gasteiger partial charge is 0.490 e. The van der Waals surface area contributed by atoms with Crippen LogP contribution in [-0.4, -0.2) is 23.2 Å². The molecule has 2 N–H and O–H groups in total. The van der Waals surface area contributed by atoms with Crippen molar-refractivity contribution in [3.05, 3.63) is 29.6 Å². The minimum absolute atomic E-state index is 0.421. The summed E-state index contributed by atoms with van der Waals surface area (Å²) >= 11 is 0. The Bertz CT molecular complexity index is 642. The summed E-state index contributed by atoms with van der Waals surface area (Å²) in [6.07, 6.45) is 0. The van der Waals surface area contributed by atoms with Crippen LogP contribution in [0.4, 0.5) is 5.82 Å². The van der Waals surface area contributed by atoms with Gasteiger partial charge in [-0.1, -0.05) is 0 Å². The van der Waals surface area contributed by atoms with Crippen LogP contribution in [0.25, 0.3) is 11.3 Å². The monoisotopic (exact) mass is 287 g/mol. The first-order valence-electron chi connectivity index (χ1n) is 7.07. The Labute approximate surface area is 125 Å². The lowest BCUT2D eigenvalue weighted by molar-refractivity contribution is 0.288. The van der Waals surface area contributed by atoms with Gasteiger partial charge in [-0.25, -0.2) is 9.97 Å². The number of hydrogen-bond acceptors (Lipinski definition) is 5. The standard InChI is InChI=1S/C16H21N3O2/c1-5-20-13-8-7-12(9-14(13)21-6-2)15-16(17)19-11(4)10(3)18-15/h7-9H,5-6H2,1-4H3,(H2,17,19). The fourth-order valence-corrected chi connectivity index (χ4v) is 2.03. The number of hydrogen-bond donors (Lipinski definition) is 1. The van der Waals surface area contributed by atoms with E-state index < -0.39 is 0 Å². The zero-order valence-corrected chi connectivity index (χ0v) is 12.9. The normalized spacial score (nSPS) is 10.5. The smallest absolute Gasteiger partial charge is 0.161 e. The second-order valence-corrected chi connectivity index (χ2v) is 4.66. The van der Waals surface area contributed by atoms with Crippen LogP contribution in [0.1, 0.15) is 25.2 Å².